The van der Waals surface area contributed by atoms with Crippen molar-refractivity contribution in [2.24, 2.45) is 5.73 Å². The molecule has 0 aliphatic heterocycles. The Hall–Kier alpha value is -2.34. The number of nitrogens with two attached hydrogens (primary N) is 1. The number of sulfonamides is 1. The van der Waals surface area contributed by atoms with E-state index in [-0.39, 0.29) is 10.7 Å². The molecule has 4 N–H and O–H groups in total. The lowest BCUT2D eigenvalue weighted by Crippen LogP contribution is -2.19. The average molecular weight is 303 g/mol. The van der Waals surface area contributed by atoms with Crippen LogP contribution in [0.5, 0.6) is 0 Å². The molecule has 21 heavy (non-hydrogen) atoms. The van der Waals surface area contributed by atoms with Crippen molar-refractivity contribution >= 4 is 21.5 Å². The Kier molecular flexibility index (Phi) is 3.99. The normalized spacial score (nSPS) is 11.1. The van der Waals surface area contributed by atoms with Gasteiger partial charge in [-0.2, -0.15) is 0 Å². The Bertz CT molecular complexity index is 798. The fourth-order valence-corrected chi connectivity index (χ4v) is 3.41. The van der Waals surface area contributed by atoms with Gasteiger partial charge in [0.15, 0.2) is 0 Å². The van der Waals surface area contributed by atoms with E-state index in [1.165, 1.54) is 0 Å². The van der Waals surface area contributed by atoms with Crippen LogP contribution in [0.3, 0.4) is 0 Å². The van der Waals surface area contributed by atoms with Crippen molar-refractivity contribution in [2.75, 3.05) is 4.72 Å². The van der Waals surface area contributed by atoms with E-state index in [1.807, 2.05) is 13.0 Å². The van der Waals surface area contributed by atoms with E-state index in [4.69, 9.17) is 11.1 Å². The summed E-state index contributed by atoms with van der Waals surface area (Å²) >= 11 is 0. The standard InChI is InChI=1S/C15H17N3O2S/c1-10-7-8-11(2)14(9-10)21(19,20)18-13-6-4-3-5-12(13)15(16)17/h3-9,18H,1-2H3,(H3,16,17). The first-order chi connectivity index (χ1) is 9.81. The van der Waals surface area contributed by atoms with Crippen molar-refractivity contribution in [2.45, 2.75) is 18.7 Å². The zero-order chi connectivity index (χ0) is 15.6. The summed E-state index contributed by atoms with van der Waals surface area (Å²) in [5, 5.41) is 7.51. The third kappa shape index (κ3) is 3.22. The molecule has 0 amide bonds. The summed E-state index contributed by atoms with van der Waals surface area (Å²) in [7, 11) is -3.72. The van der Waals surface area contributed by atoms with Crippen LogP contribution in [0.1, 0.15) is 16.7 Å². The Morgan fingerprint density at radius 2 is 1.81 bits per heavy atom. The summed E-state index contributed by atoms with van der Waals surface area (Å²) < 4.78 is 27.6. The largest absolute Gasteiger partial charge is 0.384 e. The molecule has 110 valence electrons. The first kappa shape index (κ1) is 15.1. The Labute approximate surface area is 124 Å². The number of nitrogen functional groups attached to an aromatic ring is 1. The number of benzene rings is 2. The predicted molar refractivity (Wildman–Crippen MR) is 84.2 cm³/mol. The van der Waals surface area contributed by atoms with Crippen LogP contribution >= 0.6 is 0 Å². The lowest BCUT2D eigenvalue weighted by atomic mass is 10.2. The van der Waals surface area contributed by atoms with Crippen LogP contribution < -0.4 is 10.5 Å². The monoisotopic (exact) mass is 303 g/mol. The first-order valence-corrected chi connectivity index (χ1v) is 7.83. The van der Waals surface area contributed by atoms with Gasteiger partial charge in [-0.15, -0.1) is 0 Å². The maximum absolute atomic E-state index is 12.5. The van der Waals surface area contributed by atoms with Gasteiger partial charge in [-0.05, 0) is 43.2 Å². The molecular weight excluding hydrogens is 286 g/mol. The highest BCUT2D eigenvalue weighted by Gasteiger charge is 2.19. The summed E-state index contributed by atoms with van der Waals surface area (Å²) in [6.45, 7) is 3.58. The van der Waals surface area contributed by atoms with E-state index >= 15 is 0 Å². The van der Waals surface area contributed by atoms with E-state index < -0.39 is 10.0 Å². The van der Waals surface area contributed by atoms with Gasteiger partial charge in [0.25, 0.3) is 10.0 Å². The first-order valence-electron chi connectivity index (χ1n) is 6.35. The van der Waals surface area contributed by atoms with Gasteiger partial charge in [0.2, 0.25) is 0 Å². The summed E-state index contributed by atoms with van der Waals surface area (Å²) in [6, 6.07) is 11.8. The van der Waals surface area contributed by atoms with Gasteiger partial charge in [-0.1, -0.05) is 24.3 Å². The molecule has 2 rings (SSSR count). The maximum atomic E-state index is 12.5. The fourth-order valence-electron chi connectivity index (χ4n) is 2.00. The Balaban J connectivity index is 2.48. The Morgan fingerprint density at radius 3 is 2.48 bits per heavy atom. The quantitative estimate of drug-likeness (QED) is 0.597. The van der Waals surface area contributed by atoms with Crippen LogP contribution in [0.15, 0.2) is 47.4 Å². The second-order valence-corrected chi connectivity index (χ2v) is 6.48. The average Bonchev–Trinajstić information content (AvgIpc) is 2.41. The van der Waals surface area contributed by atoms with Crippen molar-refractivity contribution in [3.05, 3.63) is 59.2 Å². The zero-order valence-electron chi connectivity index (χ0n) is 11.8. The highest BCUT2D eigenvalue weighted by Crippen LogP contribution is 2.22. The predicted octanol–water partition coefficient (Wildman–Crippen LogP) is 2.39. The molecule has 5 nitrogen and oxygen atoms in total. The van der Waals surface area contributed by atoms with Gasteiger partial charge in [-0.3, -0.25) is 10.1 Å². The Morgan fingerprint density at radius 1 is 1.14 bits per heavy atom. The molecule has 0 radical (unpaired) electrons. The fraction of sp³-hybridized carbons (Fsp3) is 0.133. The molecule has 0 aromatic heterocycles. The topological polar surface area (TPSA) is 96.0 Å². The molecule has 0 fully saturated rings. The van der Waals surface area contributed by atoms with Crippen LogP contribution in [0.2, 0.25) is 0 Å². The van der Waals surface area contributed by atoms with Gasteiger partial charge < -0.3 is 5.73 Å². The molecule has 0 aliphatic rings. The molecule has 0 bridgehead atoms. The molecule has 0 atom stereocenters. The highest BCUT2D eigenvalue weighted by atomic mass is 32.2. The third-order valence-corrected chi connectivity index (χ3v) is 4.60. The van der Waals surface area contributed by atoms with Crippen LogP contribution in [0.25, 0.3) is 0 Å². The molecule has 0 aliphatic carbocycles. The number of para-hydroxylation sites is 1. The van der Waals surface area contributed by atoms with Crippen LogP contribution in [0.4, 0.5) is 5.69 Å². The molecule has 2 aromatic rings. The van der Waals surface area contributed by atoms with Crippen molar-refractivity contribution in [1.29, 1.82) is 5.41 Å². The second kappa shape index (κ2) is 5.57. The van der Waals surface area contributed by atoms with Crippen LogP contribution in [-0.4, -0.2) is 14.3 Å². The molecule has 0 unspecified atom stereocenters. The van der Waals surface area contributed by atoms with Gasteiger partial charge >= 0.3 is 0 Å². The van der Waals surface area contributed by atoms with Gasteiger partial charge in [-0.25, -0.2) is 8.42 Å². The summed E-state index contributed by atoms with van der Waals surface area (Å²) in [6.07, 6.45) is 0. The number of nitrogens with one attached hydrogen (secondary N) is 2. The maximum Gasteiger partial charge on any atom is 0.262 e. The van der Waals surface area contributed by atoms with Crippen molar-refractivity contribution < 1.29 is 8.42 Å². The number of hydrogen-bond acceptors (Lipinski definition) is 3. The molecule has 6 heteroatoms. The number of anilines is 1. The summed E-state index contributed by atoms with van der Waals surface area (Å²) in [4.78, 5) is 0.223. The smallest absolute Gasteiger partial charge is 0.262 e. The number of amidine groups is 1. The lowest BCUT2D eigenvalue weighted by molar-refractivity contribution is 0.600. The molecule has 2 aromatic carbocycles. The minimum atomic E-state index is -3.72. The number of rotatable bonds is 4. The van der Waals surface area contributed by atoms with Gasteiger partial charge in [0.1, 0.15) is 5.84 Å². The minimum Gasteiger partial charge on any atom is -0.384 e. The molecule has 0 heterocycles. The second-order valence-electron chi connectivity index (χ2n) is 4.83. The lowest BCUT2D eigenvalue weighted by Gasteiger charge is -2.13. The van der Waals surface area contributed by atoms with Crippen LogP contribution in [0, 0.1) is 19.3 Å². The number of aryl methyl sites for hydroxylation is 2. The van der Waals surface area contributed by atoms with Gasteiger partial charge in [0.05, 0.1) is 10.6 Å². The van der Waals surface area contributed by atoms with E-state index in [0.717, 1.165) is 5.56 Å². The molecule has 0 saturated heterocycles. The summed E-state index contributed by atoms with van der Waals surface area (Å²) in [5.74, 6) is -0.186. The minimum absolute atomic E-state index is 0.186. The molecule has 0 saturated carbocycles. The molecular formula is C15H17N3O2S. The van der Waals surface area contributed by atoms with Crippen molar-refractivity contribution in [3.8, 4) is 0 Å². The van der Waals surface area contributed by atoms with Gasteiger partial charge in [0, 0.05) is 5.56 Å². The highest BCUT2D eigenvalue weighted by molar-refractivity contribution is 7.92. The van der Waals surface area contributed by atoms with Crippen molar-refractivity contribution in [3.63, 3.8) is 0 Å². The summed E-state index contributed by atoms with van der Waals surface area (Å²) in [5.41, 5.74) is 7.65. The van der Waals surface area contributed by atoms with E-state index in [2.05, 4.69) is 4.72 Å². The van der Waals surface area contributed by atoms with E-state index in [1.54, 1.807) is 43.3 Å². The van der Waals surface area contributed by atoms with Crippen molar-refractivity contribution in [1.82, 2.24) is 0 Å². The SMILES string of the molecule is Cc1ccc(C)c(S(=O)(=O)Nc2ccccc2C(=N)N)c1. The zero-order valence-corrected chi connectivity index (χ0v) is 12.7. The number of hydrogen-bond donors (Lipinski definition) is 3. The van der Waals surface area contributed by atoms with E-state index in [9.17, 15) is 8.42 Å². The third-order valence-electron chi connectivity index (χ3n) is 3.09. The van der Waals surface area contributed by atoms with Crippen LogP contribution in [-0.2, 0) is 10.0 Å². The van der Waals surface area contributed by atoms with E-state index in [0.29, 0.717) is 16.8 Å². The molecule has 0 spiro atoms.